The Morgan fingerprint density at radius 2 is 2.36 bits per heavy atom. The van der Waals surface area contributed by atoms with Gasteiger partial charge < -0.3 is 9.73 Å². The maximum Gasteiger partial charge on any atom is 0.114 e. The molecular formula is C7H9IN2O. The Morgan fingerprint density at radius 1 is 1.64 bits per heavy atom. The van der Waals surface area contributed by atoms with Crippen LogP contribution in [0.5, 0.6) is 0 Å². The summed E-state index contributed by atoms with van der Waals surface area (Å²) >= 11 is 1.94. The van der Waals surface area contributed by atoms with Crippen LogP contribution in [0.4, 0.5) is 5.69 Å². The average molecular weight is 264 g/mol. The Bertz CT molecular complexity index is 267. The molecule has 3 nitrogen and oxygen atoms in total. The van der Waals surface area contributed by atoms with Gasteiger partial charge in [0.05, 0.1) is 34.8 Å². The Balaban J connectivity index is 2.72. The molecule has 1 N–H and O–H groups in total. The van der Waals surface area contributed by atoms with Crippen LogP contribution in [0.25, 0.3) is 0 Å². The monoisotopic (exact) mass is 264 g/mol. The fraction of sp³-hybridized carbons (Fsp3) is 0.286. The molecule has 0 bridgehead atoms. The molecule has 0 aliphatic heterocycles. The lowest BCUT2D eigenvalue weighted by Gasteiger charge is -2.00. The molecule has 0 aromatic carbocycles. The molecule has 60 valence electrons. The van der Waals surface area contributed by atoms with Gasteiger partial charge in [0.15, 0.2) is 0 Å². The van der Waals surface area contributed by atoms with Gasteiger partial charge in [-0.1, -0.05) is 0 Å². The van der Waals surface area contributed by atoms with Crippen molar-refractivity contribution in [3.05, 3.63) is 18.1 Å². The van der Waals surface area contributed by atoms with Crippen molar-refractivity contribution < 1.29 is 4.42 Å². The maximum atomic E-state index is 4.97. The summed E-state index contributed by atoms with van der Waals surface area (Å²) in [5, 5.41) is 3.09. The number of furan rings is 1. The molecule has 0 amide bonds. The van der Waals surface area contributed by atoms with Crippen molar-refractivity contribution in [2.45, 2.75) is 13.8 Å². The quantitative estimate of drug-likeness (QED) is 0.481. The molecule has 0 aliphatic rings. The van der Waals surface area contributed by atoms with Crippen molar-refractivity contribution in [1.82, 2.24) is 0 Å². The first kappa shape index (κ1) is 8.58. The summed E-state index contributed by atoms with van der Waals surface area (Å²) in [6.45, 7) is 3.88. The highest BCUT2D eigenvalue weighted by atomic mass is 127. The third-order valence-electron chi connectivity index (χ3n) is 1.30. The van der Waals surface area contributed by atoms with Crippen molar-refractivity contribution >= 4 is 34.4 Å². The van der Waals surface area contributed by atoms with Crippen LogP contribution >= 0.6 is 22.9 Å². The van der Waals surface area contributed by atoms with Gasteiger partial charge in [-0.25, -0.2) is 3.21 Å². The molecule has 11 heavy (non-hydrogen) atoms. The molecule has 1 aromatic rings. The first-order chi connectivity index (χ1) is 5.24. The Kier molecular flexibility index (Phi) is 2.92. The smallest absolute Gasteiger partial charge is 0.114 e. The van der Waals surface area contributed by atoms with E-state index in [0.29, 0.717) is 0 Å². The van der Waals surface area contributed by atoms with Crippen LogP contribution < -0.4 is 5.32 Å². The second kappa shape index (κ2) is 3.75. The predicted molar refractivity (Wildman–Crippen MR) is 54.2 cm³/mol. The largest absolute Gasteiger partial charge is 0.470 e. The number of halogens is 1. The zero-order valence-corrected chi connectivity index (χ0v) is 8.55. The molecule has 0 aliphatic carbocycles. The van der Waals surface area contributed by atoms with Gasteiger partial charge in [-0.05, 0) is 13.8 Å². The minimum Gasteiger partial charge on any atom is -0.470 e. The highest BCUT2D eigenvalue weighted by Gasteiger charge is 1.99. The number of hydrogen-bond donors (Lipinski definition) is 1. The average Bonchev–Trinajstić information content (AvgIpc) is 2.37. The van der Waals surface area contributed by atoms with Crippen molar-refractivity contribution in [1.29, 1.82) is 0 Å². The van der Waals surface area contributed by atoms with E-state index in [1.54, 1.807) is 12.5 Å². The molecule has 0 unspecified atom stereocenters. The van der Waals surface area contributed by atoms with Gasteiger partial charge >= 0.3 is 0 Å². The van der Waals surface area contributed by atoms with Gasteiger partial charge in [0, 0.05) is 5.56 Å². The Hall–Kier alpha value is -0.520. The molecule has 4 heteroatoms. The van der Waals surface area contributed by atoms with Gasteiger partial charge in [0.25, 0.3) is 0 Å². The maximum absolute atomic E-state index is 4.97. The lowest BCUT2D eigenvalue weighted by atomic mass is 10.3. The number of amidine groups is 1. The van der Waals surface area contributed by atoms with E-state index in [-0.39, 0.29) is 0 Å². The fourth-order valence-electron chi connectivity index (χ4n) is 0.705. The van der Waals surface area contributed by atoms with Crippen molar-refractivity contribution in [2.24, 2.45) is 3.21 Å². The second-order valence-electron chi connectivity index (χ2n) is 2.26. The first-order valence-corrected chi connectivity index (χ1v) is 4.16. The molecule has 1 rings (SSSR count). The lowest BCUT2D eigenvalue weighted by molar-refractivity contribution is 0.566. The number of aryl methyl sites for hydroxylation is 1. The van der Waals surface area contributed by atoms with Gasteiger partial charge in [-0.3, -0.25) is 0 Å². The Morgan fingerprint density at radius 3 is 2.82 bits per heavy atom. The summed E-state index contributed by atoms with van der Waals surface area (Å²) in [6.07, 6.45) is 3.36. The predicted octanol–water partition coefficient (Wildman–Crippen LogP) is 2.77. The van der Waals surface area contributed by atoms with Gasteiger partial charge in [-0.15, -0.1) is 0 Å². The SMILES string of the molecule is CC(=NI)Nc1cocc1C. The summed E-state index contributed by atoms with van der Waals surface area (Å²) in [6, 6.07) is 0. The molecule has 0 fully saturated rings. The standard InChI is InChI=1S/C7H9IN2O/c1-5-3-11-4-7(5)9-6(2)10-8/h3-4H,1-2H3,(H,9,10). The van der Waals surface area contributed by atoms with Crippen LogP contribution in [0.2, 0.25) is 0 Å². The van der Waals surface area contributed by atoms with E-state index < -0.39 is 0 Å². The normalized spacial score (nSPS) is 11.7. The van der Waals surface area contributed by atoms with Crippen LogP contribution in [-0.4, -0.2) is 5.84 Å². The molecule has 0 radical (unpaired) electrons. The first-order valence-electron chi connectivity index (χ1n) is 3.19. The van der Waals surface area contributed by atoms with Crippen LogP contribution in [0, 0.1) is 6.92 Å². The van der Waals surface area contributed by atoms with Crippen LogP contribution in [-0.2, 0) is 0 Å². The van der Waals surface area contributed by atoms with Gasteiger partial charge in [-0.2, -0.15) is 0 Å². The van der Waals surface area contributed by atoms with E-state index in [2.05, 4.69) is 8.52 Å². The van der Waals surface area contributed by atoms with E-state index in [4.69, 9.17) is 4.42 Å². The number of nitrogens with one attached hydrogen (secondary N) is 1. The molecule has 0 atom stereocenters. The van der Waals surface area contributed by atoms with Crippen molar-refractivity contribution in [3.63, 3.8) is 0 Å². The molecular weight excluding hydrogens is 255 g/mol. The Labute approximate surface area is 79.4 Å². The minimum absolute atomic E-state index is 0.870. The van der Waals surface area contributed by atoms with E-state index in [1.165, 1.54) is 0 Å². The van der Waals surface area contributed by atoms with Crippen molar-refractivity contribution in [3.8, 4) is 0 Å². The highest BCUT2D eigenvalue weighted by Crippen LogP contribution is 2.14. The summed E-state index contributed by atoms with van der Waals surface area (Å²) in [4.78, 5) is 0. The molecule has 1 heterocycles. The third-order valence-corrected chi connectivity index (χ3v) is 2.02. The number of anilines is 1. The molecule has 0 saturated carbocycles. The van der Waals surface area contributed by atoms with Gasteiger partial charge in [0.2, 0.25) is 0 Å². The van der Waals surface area contributed by atoms with E-state index in [9.17, 15) is 0 Å². The molecule has 0 spiro atoms. The highest BCUT2D eigenvalue weighted by molar-refractivity contribution is 14.1. The number of hydrogen-bond acceptors (Lipinski definition) is 2. The van der Waals surface area contributed by atoms with E-state index >= 15 is 0 Å². The zero-order valence-electron chi connectivity index (χ0n) is 6.39. The summed E-state index contributed by atoms with van der Waals surface area (Å²) in [5.74, 6) is 0.870. The van der Waals surface area contributed by atoms with Gasteiger partial charge in [0.1, 0.15) is 12.1 Å². The lowest BCUT2D eigenvalue weighted by Crippen LogP contribution is -2.05. The number of nitrogens with zero attached hydrogens (tertiary/aromatic N) is 1. The molecule has 1 aromatic heterocycles. The van der Waals surface area contributed by atoms with E-state index in [0.717, 1.165) is 17.1 Å². The summed E-state index contributed by atoms with van der Waals surface area (Å²) in [5.41, 5.74) is 2.06. The van der Waals surface area contributed by atoms with Crippen LogP contribution in [0.15, 0.2) is 20.1 Å². The zero-order chi connectivity index (χ0) is 8.27. The van der Waals surface area contributed by atoms with E-state index in [1.807, 2.05) is 36.7 Å². The summed E-state index contributed by atoms with van der Waals surface area (Å²) in [7, 11) is 0. The fourth-order valence-corrected chi connectivity index (χ4v) is 0.825. The summed E-state index contributed by atoms with van der Waals surface area (Å²) < 4.78 is 8.91. The molecule has 0 saturated heterocycles. The second-order valence-corrected chi connectivity index (χ2v) is 2.75. The van der Waals surface area contributed by atoms with Crippen molar-refractivity contribution in [2.75, 3.05) is 5.32 Å². The minimum atomic E-state index is 0.870. The van der Waals surface area contributed by atoms with Crippen LogP contribution in [0.3, 0.4) is 0 Å². The number of rotatable bonds is 1. The third kappa shape index (κ3) is 2.21. The topological polar surface area (TPSA) is 37.5 Å². The van der Waals surface area contributed by atoms with Crippen LogP contribution in [0.1, 0.15) is 12.5 Å².